The van der Waals surface area contributed by atoms with E-state index >= 15 is 0 Å². The third-order valence-electron chi connectivity index (χ3n) is 2.46. The predicted octanol–water partition coefficient (Wildman–Crippen LogP) is 1.44. The molecule has 2 aromatic rings. The molecule has 1 aromatic carbocycles. The summed E-state index contributed by atoms with van der Waals surface area (Å²) >= 11 is 3.21. The summed E-state index contributed by atoms with van der Waals surface area (Å²) in [7, 11) is -2.33. The molecule has 0 atom stereocenters. The Balaban J connectivity index is 2.44. The van der Waals surface area contributed by atoms with Gasteiger partial charge in [0, 0.05) is 17.7 Å². The molecule has 0 bridgehead atoms. The number of benzene rings is 1. The van der Waals surface area contributed by atoms with Gasteiger partial charge in [0.25, 0.3) is 10.0 Å². The highest BCUT2D eigenvalue weighted by atomic mass is 79.9. The summed E-state index contributed by atoms with van der Waals surface area (Å²) in [5, 5.41) is 12.8. The number of halogens is 1. The van der Waals surface area contributed by atoms with Gasteiger partial charge in [-0.2, -0.15) is 10.4 Å². The molecule has 1 aromatic heterocycles. The van der Waals surface area contributed by atoms with Gasteiger partial charge in [0.2, 0.25) is 0 Å². The quantitative estimate of drug-likeness (QED) is 0.864. The minimum atomic E-state index is -3.89. The van der Waals surface area contributed by atoms with E-state index in [0.29, 0.717) is 4.47 Å². The molecular formula is C11H10BrN5O2S. The zero-order valence-electron chi connectivity index (χ0n) is 10.3. The van der Waals surface area contributed by atoms with Crippen molar-refractivity contribution >= 4 is 37.5 Å². The fourth-order valence-corrected chi connectivity index (χ4v) is 3.13. The Kier molecular flexibility index (Phi) is 3.69. The molecule has 7 nitrogen and oxygen atoms in total. The molecule has 0 aliphatic heterocycles. The SMILES string of the molecule is Cn1cc(S(=O)(=O)Nc2ccc(Br)cc2C#N)c(N)n1. The molecule has 0 aliphatic rings. The van der Waals surface area contributed by atoms with Crippen molar-refractivity contribution < 1.29 is 8.42 Å². The Labute approximate surface area is 124 Å². The van der Waals surface area contributed by atoms with Crippen LogP contribution in [0.2, 0.25) is 0 Å². The molecule has 0 saturated heterocycles. The number of nitrogens with two attached hydrogens (primary N) is 1. The average Bonchev–Trinajstić information content (AvgIpc) is 2.71. The van der Waals surface area contributed by atoms with E-state index in [1.807, 2.05) is 6.07 Å². The summed E-state index contributed by atoms with van der Waals surface area (Å²) in [5.74, 6) is -0.101. The lowest BCUT2D eigenvalue weighted by molar-refractivity contribution is 0.601. The van der Waals surface area contributed by atoms with Gasteiger partial charge in [0.15, 0.2) is 5.82 Å². The maximum absolute atomic E-state index is 12.2. The molecule has 20 heavy (non-hydrogen) atoms. The predicted molar refractivity (Wildman–Crippen MR) is 77.3 cm³/mol. The smallest absolute Gasteiger partial charge is 0.267 e. The minimum Gasteiger partial charge on any atom is -0.381 e. The first kappa shape index (κ1) is 14.4. The number of rotatable bonds is 3. The second-order valence-electron chi connectivity index (χ2n) is 3.96. The van der Waals surface area contributed by atoms with Crippen molar-refractivity contribution in [2.75, 3.05) is 10.5 Å². The van der Waals surface area contributed by atoms with Crippen LogP contribution in [0, 0.1) is 11.3 Å². The first-order valence-corrected chi connectivity index (χ1v) is 7.62. The van der Waals surface area contributed by atoms with Gasteiger partial charge >= 0.3 is 0 Å². The van der Waals surface area contributed by atoms with Gasteiger partial charge in [-0.25, -0.2) is 8.42 Å². The first-order chi connectivity index (χ1) is 9.33. The van der Waals surface area contributed by atoms with Crippen LogP contribution < -0.4 is 10.5 Å². The van der Waals surface area contributed by atoms with E-state index < -0.39 is 10.0 Å². The highest BCUT2D eigenvalue weighted by Gasteiger charge is 2.21. The van der Waals surface area contributed by atoms with E-state index in [1.54, 1.807) is 13.1 Å². The zero-order chi connectivity index (χ0) is 14.9. The summed E-state index contributed by atoms with van der Waals surface area (Å²) in [6.45, 7) is 0. The van der Waals surface area contributed by atoms with Gasteiger partial charge in [0.1, 0.15) is 11.0 Å². The fraction of sp³-hybridized carbons (Fsp3) is 0.0909. The second kappa shape index (κ2) is 5.15. The van der Waals surface area contributed by atoms with Crippen LogP contribution in [0.4, 0.5) is 11.5 Å². The molecule has 9 heteroatoms. The number of nitrogens with zero attached hydrogens (tertiary/aromatic N) is 3. The van der Waals surface area contributed by atoms with Gasteiger partial charge in [-0.1, -0.05) is 15.9 Å². The van der Waals surface area contributed by atoms with Gasteiger partial charge in [0.05, 0.1) is 11.3 Å². The van der Waals surface area contributed by atoms with E-state index in [1.165, 1.54) is 23.0 Å². The van der Waals surface area contributed by atoms with Crippen LogP contribution in [0.1, 0.15) is 5.56 Å². The van der Waals surface area contributed by atoms with Crippen molar-refractivity contribution in [3.8, 4) is 6.07 Å². The third-order valence-corrected chi connectivity index (χ3v) is 4.33. The monoisotopic (exact) mass is 355 g/mol. The van der Waals surface area contributed by atoms with Gasteiger partial charge in [-0.3, -0.25) is 9.40 Å². The lowest BCUT2D eigenvalue weighted by Gasteiger charge is -2.08. The summed E-state index contributed by atoms with van der Waals surface area (Å²) < 4.78 is 28.8. The third kappa shape index (κ3) is 2.76. The number of aromatic nitrogens is 2. The van der Waals surface area contributed by atoms with E-state index in [4.69, 9.17) is 11.0 Å². The normalized spacial score (nSPS) is 11.1. The lowest BCUT2D eigenvalue weighted by atomic mass is 10.2. The number of sulfonamides is 1. The number of hydrogen-bond donors (Lipinski definition) is 2. The number of nitrogens with one attached hydrogen (secondary N) is 1. The number of nitrogen functional groups attached to an aromatic ring is 1. The van der Waals surface area contributed by atoms with Gasteiger partial charge in [-0.05, 0) is 18.2 Å². The Hall–Kier alpha value is -2.05. The van der Waals surface area contributed by atoms with Crippen LogP contribution in [-0.2, 0) is 17.1 Å². The lowest BCUT2D eigenvalue weighted by Crippen LogP contribution is -2.14. The van der Waals surface area contributed by atoms with Crippen LogP contribution in [0.25, 0.3) is 0 Å². The van der Waals surface area contributed by atoms with Crippen LogP contribution in [0.3, 0.4) is 0 Å². The molecule has 0 amide bonds. The Morgan fingerprint density at radius 3 is 2.75 bits per heavy atom. The highest BCUT2D eigenvalue weighted by Crippen LogP contribution is 2.24. The van der Waals surface area contributed by atoms with Crippen LogP contribution >= 0.6 is 15.9 Å². The minimum absolute atomic E-state index is 0.101. The topological polar surface area (TPSA) is 114 Å². The zero-order valence-corrected chi connectivity index (χ0v) is 12.7. The van der Waals surface area contributed by atoms with Crippen LogP contribution in [0.15, 0.2) is 33.8 Å². The molecule has 0 radical (unpaired) electrons. The average molecular weight is 356 g/mol. The number of anilines is 2. The van der Waals surface area contributed by atoms with E-state index in [-0.39, 0.29) is 22.0 Å². The maximum atomic E-state index is 12.2. The molecule has 0 saturated carbocycles. The molecular weight excluding hydrogens is 346 g/mol. The van der Waals surface area contributed by atoms with Crippen molar-refractivity contribution in [3.05, 3.63) is 34.4 Å². The number of hydrogen-bond acceptors (Lipinski definition) is 5. The molecule has 104 valence electrons. The Morgan fingerprint density at radius 1 is 1.50 bits per heavy atom. The molecule has 2 rings (SSSR count). The molecule has 0 aliphatic carbocycles. The van der Waals surface area contributed by atoms with E-state index in [0.717, 1.165) is 0 Å². The molecule has 0 fully saturated rings. The summed E-state index contributed by atoms with van der Waals surface area (Å²) in [5.41, 5.74) is 5.93. The van der Waals surface area contributed by atoms with Crippen LogP contribution in [0.5, 0.6) is 0 Å². The van der Waals surface area contributed by atoms with Crippen molar-refractivity contribution in [2.24, 2.45) is 7.05 Å². The maximum Gasteiger partial charge on any atom is 0.267 e. The number of nitriles is 1. The highest BCUT2D eigenvalue weighted by molar-refractivity contribution is 9.10. The largest absolute Gasteiger partial charge is 0.381 e. The van der Waals surface area contributed by atoms with Crippen LogP contribution in [-0.4, -0.2) is 18.2 Å². The molecule has 3 N–H and O–H groups in total. The van der Waals surface area contributed by atoms with E-state index in [2.05, 4.69) is 25.8 Å². The molecule has 0 unspecified atom stereocenters. The molecule has 1 heterocycles. The first-order valence-electron chi connectivity index (χ1n) is 5.35. The summed E-state index contributed by atoms with van der Waals surface area (Å²) in [6.07, 6.45) is 1.29. The fourth-order valence-electron chi connectivity index (χ4n) is 1.59. The second-order valence-corrected chi connectivity index (χ2v) is 6.53. The Bertz CT molecular complexity index is 807. The summed E-state index contributed by atoms with van der Waals surface area (Å²) in [4.78, 5) is -0.133. The number of aryl methyl sites for hydroxylation is 1. The Morgan fingerprint density at radius 2 is 2.20 bits per heavy atom. The van der Waals surface area contributed by atoms with Crippen molar-refractivity contribution in [2.45, 2.75) is 4.90 Å². The van der Waals surface area contributed by atoms with Gasteiger partial charge < -0.3 is 5.73 Å². The van der Waals surface area contributed by atoms with E-state index in [9.17, 15) is 8.42 Å². The van der Waals surface area contributed by atoms with Gasteiger partial charge in [-0.15, -0.1) is 0 Å². The van der Waals surface area contributed by atoms with Crippen molar-refractivity contribution in [1.29, 1.82) is 5.26 Å². The molecule has 0 spiro atoms. The standard InChI is InChI=1S/C11H10BrN5O2S/c1-17-6-10(11(14)15-17)20(18,19)16-9-3-2-8(12)4-7(9)5-13/h2-4,6,16H,1H3,(H2,14,15). The van der Waals surface area contributed by atoms with Crippen molar-refractivity contribution in [1.82, 2.24) is 9.78 Å². The summed E-state index contributed by atoms with van der Waals surface area (Å²) in [6, 6.07) is 6.56. The van der Waals surface area contributed by atoms with Crippen molar-refractivity contribution in [3.63, 3.8) is 0 Å².